The minimum Gasteiger partial charge on any atom is -0.345 e. The van der Waals surface area contributed by atoms with E-state index in [0.29, 0.717) is 5.92 Å². The van der Waals surface area contributed by atoms with Crippen LogP contribution in [0.1, 0.15) is 13.3 Å². The van der Waals surface area contributed by atoms with Gasteiger partial charge in [0, 0.05) is 6.54 Å². The first-order valence-electron chi connectivity index (χ1n) is 4.71. The fraction of sp³-hybridized carbons (Fsp3) is 0.778. The van der Waals surface area contributed by atoms with Gasteiger partial charge in [0.2, 0.25) is 11.8 Å². The molecule has 0 bridgehead atoms. The first-order valence-corrected chi connectivity index (χ1v) is 4.71. The third-order valence-electron chi connectivity index (χ3n) is 2.85. The molecule has 1 aliphatic heterocycles. The van der Waals surface area contributed by atoms with Gasteiger partial charge in [-0.15, -0.1) is 0 Å². The number of carbonyl (C=O) groups is 2. The molecule has 0 aromatic carbocycles. The van der Waals surface area contributed by atoms with Crippen LogP contribution >= 0.6 is 0 Å². The van der Waals surface area contributed by atoms with Gasteiger partial charge >= 0.3 is 0 Å². The Hall–Kier alpha value is -1.06. The van der Waals surface area contributed by atoms with Crippen LogP contribution < -0.4 is 5.32 Å². The molecule has 2 unspecified atom stereocenters. The molecule has 0 spiro atoms. The van der Waals surface area contributed by atoms with E-state index >= 15 is 0 Å². The summed E-state index contributed by atoms with van der Waals surface area (Å²) in [6, 6.07) is 0. The third kappa shape index (κ3) is 1.82. The molecule has 72 valence electrons. The van der Waals surface area contributed by atoms with Gasteiger partial charge in [-0.25, -0.2) is 0 Å². The Labute approximate surface area is 77.3 Å². The average Bonchev–Trinajstić information content (AvgIpc) is 2.75. The van der Waals surface area contributed by atoms with E-state index in [1.165, 1.54) is 6.42 Å². The van der Waals surface area contributed by atoms with Gasteiger partial charge in [0.25, 0.3) is 0 Å². The van der Waals surface area contributed by atoms with Gasteiger partial charge in [-0.3, -0.25) is 9.59 Å². The van der Waals surface area contributed by atoms with Crippen LogP contribution in [0.2, 0.25) is 0 Å². The molecule has 1 heterocycles. The van der Waals surface area contributed by atoms with E-state index < -0.39 is 0 Å². The van der Waals surface area contributed by atoms with E-state index in [4.69, 9.17) is 0 Å². The summed E-state index contributed by atoms with van der Waals surface area (Å²) >= 11 is 0. The molecule has 4 nitrogen and oxygen atoms in total. The molecule has 13 heavy (non-hydrogen) atoms. The Morgan fingerprint density at radius 3 is 2.85 bits per heavy atom. The van der Waals surface area contributed by atoms with Gasteiger partial charge in [-0.2, -0.15) is 0 Å². The summed E-state index contributed by atoms with van der Waals surface area (Å²) in [6.45, 7) is 3.38. The first-order chi connectivity index (χ1) is 6.16. The van der Waals surface area contributed by atoms with Crippen molar-refractivity contribution in [3.63, 3.8) is 0 Å². The summed E-state index contributed by atoms with van der Waals surface area (Å²) in [4.78, 5) is 24.0. The van der Waals surface area contributed by atoms with Crippen molar-refractivity contribution >= 4 is 11.8 Å². The van der Waals surface area contributed by atoms with Crippen molar-refractivity contribution in [3.05, 3.63) is 0 Å². The number of hydrogen-bond acceptors (Lipinski definition) is 2. The van der Waals surface area contributed by atoms with Gasteiger partial charge in [0.1, 0.15) is 0 Å². The van der Waals surface area contributed by atoms with E-state index in [1.54, 1.807) is 4.90 Å². The highest BCUT2D eigenvalue weighted by Crippen LogP contribution is 2.38. The zero-order chi connectivity index (χ0) is 9.42. The molecule has 1 N–H and O–H groups in total. The number of carbonyl (C=O) groups excluding carboxylic acids is 2. The third-order valence-corrected chi connectivity index (χ3v) is 2.85. The van der Waals surface area contributed by atoms with Crippen LogP contribution in [-0.4, -0.2) is 36.3 Å². The van der Waals surface area contributed by atoms with Crippen molar-refractivity contribution < 1.29 is 9.59 Å². The summed E-state index contributed by atoms with van der Waals surface area (Å²) in [6.07, 6.45) is 1.20. The number of hydrogen-bond donors (Lipinski definition) is 1. The lowest BCUT2D eigenvalue weighted by molar-refractivity contribution is -0.140. The molecule has 2 fully saturated rings. The smallest absolute Gasteiger partial charge is 0.242 e. The van der Waals surface area contributed by atoms with E-state index in [1.807, 2.05) is 0 Å². The minimum absolute atomic E-state index is 0.0343. The van der Waals surface area contributed by atoms with Gasteiger partial charge in [-0.05, 0) is 18.3 Å². The molecule has 4 heteroatoms. The Balaban J connectivity index is 1.88. The number of piperazine rings is 1. The van der Waals surface area contributed by atoms with Crippen molar-refractivity contribution in [2.24, 2.45) is 11.8 Å². The minimum atomic E-state index is -0.0343. The first kappa shape index (κ1) is 8.53. The zero-order valence-corrected chi connectivity index (χ0v) is 7.75. The number of nitrogens with zero attached hydrogens (tertiary/aromatic N) is 1. The fourth-order valence-electron chi connectivity index (χ4n) is 1.71. The number of rotatable bonds is 2. The van der Waals surface area contributed by atoms with E-state index in [0.717, 1.165) is 12.5 Å². The van der Waals surface area contributed by atoms with Gasteiger partial charge < -0.3 is 10.2 Å². The van der Waals surface area contributed by atoms with Crippen molar-refractivity contribution in [1.82, 2.24) is 10.2 Å². The molecule has 0 aromatic heterocycles. The molecule has 2 atom stereocenters. The maximum atomic E-state index is 11.3. The highest BCUT2D eigenvalue weighted by Gasteiger charge is 2.36. The molecule has 2 aliphatic rings. The lowest BCUT2D eigenvalue weighted by Crippen LogP contribution is -2.52. The number of nitrogens with one attached hydrogen (secondary N) is 1. The Morgan fingerprint density at radius 1 is 1.54 bits per heavy atom. The second-order valence-electron chi connectivity index (χ2n) is 4.02. The van der Waals surface area contributed by atoms with Crippen LogP contribution in [0.15, 0.2) is 0 Å². The lowest BCUT2D eigenvalue weighted by atomic mass is 10.2. The highest BCUT2D eigenvalue weighted by atomic mass is 16.2. The average molecular weight is 182 g/mol. The molecule has 0 radical (unpaired) electrons. The van der Waals surface area contributed by atoms with Gasteiger partial charge in [0.05, 0.1) is 13.1 Å². The molecule has 2 rings (SSSR count). The molecule has 1 aliphatic carbocycles. The van der Waals surface area contributed by atoms with Gasteiger partial charge in [-0.1, -0.05) is 6.92 Å². The summed E-state index contributed by atoms with van der Waals surface area (Å²) < 4.78 is 0. The highest BCUT2D eigenvalue weighted by molar-refractivity contribution is 5.92. The van der Waals surface area contributed by atoms with Crippen LogP contribution in [0.5, 0.6) is 0 Å². The normalized spacial score (nSPS) is 33.2. The fourth-order valence-corrected chi connectivity index (χ4v) is 1.71. The maximum absolute atomic E-state index is 11.3. The summed E-state index contributed by atoms with van der Waals surface area (Å²) in [5.74, 6) is 1.39. The summed E-state index contributed by atoms with van der Waals surface area (Å²) in [5, 5.41) is 2.54. The van der Waals surface area contributed by atoms with E-state index in [-0.39, 0.29) is 24.9 Å². The van der Waals surface area contributed by atoms with Crippen molar-refractivity contribution in [3.8, 4) is 0 Å². The van der Waals surface area contributed by atoms with Crippen LogP contribution in [0.3, 0.4) is 0 Å². The predicted octanol–water partition coefficient (Wildman–Crippen LogP) is -0.399. The largest absolute Gasteiger partial charge is 0.345 e. The molecule has 1 saturated carbocycles. The van der Waals surface area contributed by atoms with E-state index in [9.17, 15) is 9.59 Å². The standard InChI is InChI=1S/C9H14N2O2/c1-6-2-7(6)4-11-5-8(12)10-3-9(11)13/h6-7H,2-5H2,1H3,(H,10,12). The van der Waals surface area contributed by atoms with Gasteiger partial charge in [0.15, 0.2) is 0 Å². The van der Waals surface area contributed by atoms with Crippen LogP contribution in [0, 0.1) is 11.8 Å². The zero-order valence-electron chi connectivity index (χ0n) is 7.75. The van der Waals surface area contributed by atoms with Crippen LogP contribution in [-0.2, 0) is 9.59 Å². The maximum Gasteiger partial charge on any atom is 0.242 e. The molecule has 2 amide bonds. The molecule has 1 saturated heterocycles. The Morgan fingerprint density at radius 2 is 2.23 bits per heavy atom. The lowest BCUT2D eigenvalue weighted by Gasteiger charge is -2.26. The quantitative estimate of drug-likeness (QED) is 0.631. The van der Waals surface area contributed by atoms with Crippen LogP contribution in [0.25, 0.3) is 0 Å². The molecular weight excluding hydrogens is 168 g/mol. The predicted molar refractivity (Wildman–Crippen MR) is 46.9 cm³/mol. The van der Waals surface area contributed by atoms with Crippen LogP contribution in [0.4, 0.5) is 0 Å². The Kier molecular flexibility index (Phi) is 1.98. The number of amides is 2. The summed E-state index contributed by atoms with van der Waals surface area (Å²) in [7, 11) is 0. The van der Waals surface area contributed by atoms with E-state index in [2.05, 4.69) is 12.2 Å². The SMILES string of the molecule is CC1CC1CN1CC(=O)NCC1=O. The molecular formula is C9H14N2O2. The molecule has 0 aromatic rings. The van der Waals surface area contributed by atoms with Crippen molar-refractivity contribution in [2.75, 3.05) is 19.6 Å². The topological polar surface area (TPSA) is 49.4 Å². The Bertz CT molecular complexity index is 252. The van der Waals surface area contributed by atoms with Crippen molar-refractivity contribution in [2.45, 2.75) is 13.3 Å². The monoisotopic (exact) mass is 182 g/mol. The second-order valence-corrected chi connectivity index (χ2v) is 4.02. The second kappa shape index (κ2) is 3.01. The van der Waals surface area contributed by atoms with Crippen molar-refractivity contribution in [1.29, 1.82) is 0 Å². The summed E-state index contributed by atoms with van der Waals surface area (Å²) in [5.41, 5.74) is 0.